The summed E-state index contributed by atoms with van der Waals surface area (Å²) in [6.07, 6.45) is 1.28. The first-order valence-corrected chi connectivity index (χ1v) is 9.29. The molecule has 1 aromatic rings. The topological polar surface area (TPSA) is 57.7 Å². The molecule has 122 valence electrons. The molecule has 0 aromatic heterocycles. The summed E-state index contributed by atoms with van der Waals surface area (Å²) in [5.41, 5.74) is 0. The van der Waals surface area contributed by atoms with Crippen molar-refractivity contribution in [2.24, 2.45) is 0 Å². The SMILES string of the molecule is CCCC(=O)N1CCN(S(=O)(=O)c2cc(Cl)ccc2Cl)CC1. The van der Waals surface area contributed by atoms with E-state index < -0.39 is 10.0 Å². The van der Waals surface area contributed by atoms with Gasteiger partial charge in [-0.05, 0) is 24.6 Å². The lowest BCUT2D eigenvalue weighted by molar-refractivity contribution is -0.132. The molecule has 1 aliphatic rings. The third-order valence-electron chi connectivity index (χ3n) is 3.57. The van der Waals surface area contributed by atoms with E-state index in [1.165, 1.54) is 16.4 Å². The molecule has 1 aromatic carbocycles. The predicted molar refractivity (Wildman–Crippen MR) is 86.7 cm³/mol. The molecule has 1 aliphatic heterocycles. The lowest BCUT2D eigenvalue weighted by Gasteiger charge is -2.34. The van der Waals surface area contributed by atoms with Crippen LogP contribution in [0.4, 0.5) is 0 Å². The van der Waals surface area contributed by atoms with Crippen LogP contribution in [-0.4, -0.2) is 49.7 Å². The van der Waals surface area contributed by atoms with E-state index in [0.717, 1.165) is 6.42 Å². The molecule has 5 nitrogen and oxygen atoms in total. The highest BCUT2D eigenvalue weighted by Crippen LogP contribution is 2.28. The van der Waals surface area contributed by atoms with Gasteiger partial charge in [0.2, 0.25) is 15.9 Å². The molecule has 0 saturated carbocycles. The molecule has 1 amide bonds. The van der Waals surface area contributed by atoms with Crippen LogP contribution >= 0.6 is 23.2 Å². The maximum atomic E-state index is 12.6. The van der Waals surface area contributed by atoms with Crippen molar-refractivity contribution in [1.29, 1.82) is 0 Å². The molecule has 8 heteroatoms. The molecule has 1 heterocycles. The van der Waals surface area contributed by atoms with Crippen LogP contribution < -0.4 is 0 Å². The van der Waals surface area contributed by atoms with Crippen molar-refractivity contribution in [2.75, 3.05) is 26.2 Å². The number of rotatable bonds is 4. The average molecular weight is 365 g/mol. The fourth-order valence-electron chi connectivity index (χ4n) is 2.36. The van der Waals surface area contributed by atoms with Crippen molar-refractivity contribution < 1.29 is 13.2 Å². The minimum Gasteiger partial charge on any atom is -0.340 e. The number of piperazine rings is 1. The lowest BCUT2D eigenvalue weighted by Crippen LogP contribution is -2.50. The van der Waals surface area contributed by atoms with Crippen molar-refractivity contribution in [3.05, 3.63) is 28.2 Å². The van der Waals surface area contributed by atoms with Crippen LogP contribution in [0.3, 0.4) is 0 Å². The third-order valence-corrected chi connectivity index (χ3v) is 6.18. The molecular formula is C14H18Cl2N2O3S. The zero-order valence-electron chi connectivity index (χ0n) is 12.3. The molecule has 0 atom stereocenters. The highest BCUT2D eigenvalue weighted by Gasteiger charge is 2.31. The summed E-state index contributed by atoms with van der Waals surface area (Å²) in [5, 5.41) is 0.466. The Morgan fingerprint density at radius 2 is 1.82 bits per heavy atom. The van der Waals surface area contributed by atoms with E-state index in [2.05, 4.69) is 0 Å². The molecule has 1 fully saturated rings. The Labute approximate surface area is 140 Å². The summed E-state index contributed by atoms with van der Waals surface area (Å²) < 4.78 is 26.6. The lowest BCUT2D eigenvalue weighted by atomic mass is 10.2. The second kappa shape index (κ2) is 7.17. The van der Waals surface area contributed by atoms with Gasteiger partial charge in [-0.15, -0.1) is 0 Å². The fourth-order valence-corrected chi connectivity index (χ4v) is 4.52. The summed E-state index contributed by atoms with van der Waals surface area (Å²) >= 11 is 11.9. The molecule has 22 heavy (non-hydrogen) atoms. The number of carbonyl (C=O) groups is 1. The summed E-state index contributed by atoms with van der Waals surface area (Å²) in [6, 6.07) is 4.37. The number of amides is 1. The minimum absolute atomic E-state index is 0.00926. The standard InChI is InChI=1S/C14H18Cl2N2O3S/c1-2-3-14(19)17-6-8-18(9-7-17)22(20,21)13-10-11(15)4-5-12(13)16/h4-5,10H,2-3,6-9H2,1H3. The number of benzene rings is 1. The number of hydrogen-bond acceptors (Lipinski definition) is 3. The van der Waals surface area contributed by atoms with Gasteiger partial charge in [0.15, 0.2) is 0 Å². The summed E-state index contributed by atoms with van der Waals surface area (Å²) in [7, 11) is -3.70. The van der Waals surface area contributed by atoms with Gasteiger partial charge in [-0.1, -0.05) is 30.1 Å². The maximum Gasteiger partial charge on any atom is 0.244 e. The number of carbonyl (C=O) groups excluding carboxylic acids is 1. The molecule has 0 aliphatic carbocycles. The highest BCUT2D eigenvalue weighted by molar-refractivity contribution is 7.89. The van der Waals surface area contributed by atoms with E-state index in [0.29, 0.717) is 24.5 Å². The van der Waals surface area contributed by atoms with Crippen molar-refractivity contribution in [3.63, 3.8) is 0 Å². The molecule has 0 unspecified atom stereocenters. The zero-order chi connectivity index (χ0) is 16.3. The Kier molecular flexibility index (Phi) is 5.71. The second-order valence-electron chi connectivity index (χ2n) is 5.11. The summed E-state index contributed by atoms with van der Waals surface area (Å²) in [4.78, 5) is 13.6. The van der Waals surface area contributed by atoms with Crippen LogP contribution in [-0.2, 0) is 14.8 Å². The van der Waals surface area contributed by atoms with Gasteiger partial charge in [-0.2, -0.15) is 4.31 Å². The van der Waals surface area contributed by atoms with Crippen LogP contribution in [0.15, 0.2) is 23.1 Å². The van der Waals surface area contributed by atoms with Crippen LogP contribution in [0.2, 0.25) is 10.0 Å². The number of sulfonamides is 1. The van der Waals surface area contributed by atoms with Crippen molar-refractivity contribution >= 4 is 39.1 Å². The van der Waals surface area contributed by atoms with Crippen molar-refractivity contribution in [3.8, 4) is 0 Å². The summed E-state index contributed by atoms with van der Waals surface area (Å²) in [5.74, 6) is 0.0698. The van der Waals surface area contributed by atoms with Gasteiger partial charge in [0.05, 0.1) is 5.02 Å². The van der Waals surface area contributed by atoms with Gasteiger partial charge in [0.25, 0.3) is 0 Å². The second-order valence-corrected chi connectivity index (χ2v) is 7.86. The van der Waals surface area contributed by atoms with E-state index in [-0.39, 0.29) is 28.9 Å². The molecular weight excluding hydrogens is 347 g/mol. The average Bonchev–Trinajstić information content (AvgIpc) is 2.50. The number of nitrogens with zero attached hydrogens (tertiary/aromatic N) is 2. The molecule has 0 N–H and O–H groups in total. The number of hydrogen-bond donors (Lipinski definition) is 0. The Balaban J connectivity index is 2.13. The van der Waals surface area contributed by atoms with Crippen LogP contribution in [0, 0.1) is 0 Å². The predicted octanol–water partition coefficient (Wildman–Crippen LogP) is 2.63. The monoisotopic (exact) mass is 364 g/mol. The Hall–Kier alpha value is -0.820. The van der Waals surface area contributed by atoms with Gasteiger partial charge in [0.1, 0.15) is 4.90 Å². The quantitative estimate of drug-likeness (QED) is 0.824. The zero-order valence-corrected chi connectivity index (χ0v) is 14.6. The minimum atomic E-state index is -3.70. The van der Waals surface area contributed by atoms with Crippen LogP contribution in [0.25, 0.3) is 0 Å². The summed E-state index contributed by atoms with van der Waals surface area (Å²) in [6.45, 7) is 3.27. The van der Waals surface area contributed by atoms with Gasteiger partial charge in [-0.25, -0.2) is 8.42 Å². The molecule has 1 saturated heterocycles. The first-order valence-electron chi connectivity index (χ1n) is 7.09. The molecule has 0 spiro atoms. The maximum absolute atomic E-state index is 12.6. The van der Waals surface area contributed by atoms with Crippen molar-refractivity contribution in [2.45, 2.75) is 24.7 Å². The number of halogens is 2. The molecule has 0 radical (unpaired) electrons. The van der Waals surface area contributed by atoms with E-state index in [1.54, 1.807) is 11.0 Å². The smallest absolute Gasteiger partial charge is 0.244 e. The normalized spacial score (nSPS) is 16.8. The van der Waals surface area contributed by atoms with E-state index in [9.17, 15) is 13.2 Å². The largest absolute Gasteiger partial charge is 0.340 e. The van der Waals surface area contributed by atoms with Crippen LogP contribution in [0.5, 0.6) is 0 Å². The molecule has 2 rings (SSSR count). The first-order chi connectivity index (χ1) is 10.4. The van der Waals surface area contributed by atoms with Crippen LogP contribution in [0.1, 0.15) is 19.8 Å². The van der Waals surface area contributed by atoms with Gasteiger partial charge >= 0.3 is 0 Å². The van der Waals surface area contributed by atoms with Gasteiger partial charge < -0.3 is 4.90 Å². The van der Waals surface area contributed by atoms with E-state index >= 15 is 0 Å². The third kappa shape index (κ3) is 3.74. The fraction of sp³-hybridized carbons (Fsp3) is 0.500. The first kappa shape index (κ1) is 17.5. The Morgan fingerprint density at radius 3 is 2.41 bits per heavy atom. The van der Waals surface area contributed by atoms with Gasteiger partial charge in [0, 0.05) is 37.6 Å². The van der Waals surface area contributed by atoms with Gasteiger partial charge in [-0.3, -0.25) is 4.79 Å². The molecule has 0 bridgehead atoms. The Morgan fingerprint density at radius 1 is 1.18 bits per heavy atom. The van der Waals surface area contributed by atoms with E-state index in [1.807, 2.05) is 6.92 Å². The van der Waals surface area contributed by atoms with Crippen molar-refractivity contribution in [1.82, 2.24) is 9.21 Å². The Bertz CT molecular complexity index is 656. The highest BCUT2D eigenvalue weighted by atomic mass is 35.5. The van der Waals surface area contributed by atoms with E-state index in [4.69, 9.17) is 23.2 Å².